The smallest absolute Gasteiger partial charge is 0.303 e. The average molecular weight is 396 g/mol. The molecule has 2 aromatic rings. The minimum absolute atomic E-state index is 0.333. The van der Waals surface area contributed by atoms with E-state index in [4.69, 9.17) is 5.11 Å². The van der Waals surface area contributed by atoms with Crippen molar-refractivity contribution in [1.29, 1.82) is 0 Å². The van der Waals surface area contributed by atoms with Gasteiger partial charge in [0.1, 0.15) is 15.9 Å². The minimum Gasteiger partial charge on any atom is -0.481 e. The van der Waals surface area contributed by atoms with E-state index in [2.05, 4.69) is 86.8 Å². The Kier molecular flexibility index (Phi) is 12.3. The molecule has 2 aromatic carbocycles. The Labute approximate surface area is 171 Å². The Bertz CT molecular complexity index is 696. The van der Waals surface area contributed by atoms with Crippen molar-refractivity contribution in [2.75, 3.05) is 0 Å². The first-order chi connectivity index (χ1) is 13.6. The lowest BCUT2D eigenvalue weighted by atomic mass is 10.2. The fraction of sp³-hybridized carbons (Fsp3) is 0.240. The molecule has 2 nitrogen and oxygen atoms in total. The summed E-state index contributed by atoms with van der Waals surface area (Å²) in [6.45, 7) is 9.88. The summed E-state index contributed by atoms with van der Waals surface area (Å²) in [6, 6.07) is 21.3. The third-order valence-electron chi connectivity index (χ3n) is 4.18. The molecule has 0 unspecified atom stereocenters. The standard InChI is InChI=1S/C18H17P.C7H14O2/c1-3-11-16(4-2)19(17-12-7-5-8-13-17)18-14-9-6-10-15-18;1-2-3-4-5-6-7(8)9/h3-15H,1-2H2;2-6H2,1H3,(H,8,9)/p+1/b16-11+;. The van der Waals surface area contributed by atoms with E-state index in [-0.39, 0.29) is 0 Å². The minimum atomic E-state index is -0.980. The van der Waals surface area contributed by atoms with Gasteiger partial charge in [-0.1, -0.05) is 81.8 Å². The topological polar surface area (TPSA) is 37.3 Å². The van der Waals surface area contributed by atoms with Crippen LogP contribution in [-0.4, -0.2) is 11.1 Å². The van der Waals surface area contributed by atoms with E-state index in [9.17, 15) is 4.79 Å². The molecule has 0 aromatic heterocycles. The van der Waals surface area contributed by atoms with Crippen LogP contribution in [-0.2, 0) is 4.79 Å². The summed E-state index contributed by atoms with van der Waals surface area (Å²) in [6.07, 6.45) is 10.4. The monoisotopic (exact) mass is 395 g/mol. The van der Waals surface area contributed by atoms with Crippen LogP contribution in [0.5, 0.6) is 0 Å². The van der Waals surface area contributed by atoms with Crippen molar-refractivity contribution in [3.63, 3.8) is 0 Å². The Morgan fingerprint density at radius 2 is 1.46 bits per heavy atom. The Morgan fingerprint density at radius 1 is 0.929 bits per heavy atom. The summed E-state index contributed by atoms with van der Waals surface area (Å²) in [5.41, 5.74) is 0. The highest BCUT2D eigenvalue weighted by Crippen LogP contribution is 2.43. The van der Waals surface area contributed by atoms with Gasteiger partial charge in [0.15, 0.2) is 0 Å². The average Bonchev–Trinajstić information content (AvgIpc) is 2.73. The summed E-state index contributed by atoms with van der Waals surface area (Å²) < 4.78 is 0. The van der Waals surface area contributed by atoms with Crippen molar-refractivity contribution >= 4 is 24.5 Å². The predicted octanol–water partition coefficient (Wildman–Crippen LogP) is 6.15. The Morgan fingerprint density at radius 3 is 1.86 bits per heavy atom. The molecule has 0 aliphatic rings. The molecule has 3 heteroatoms. The number of carboxylic acid groups (broad SMARTS) is 1. The lowest BCUT2D eigenvalue weighted by molar-refractivity contribution is -0.137. The largest absolute Gasteiger partial charge is 0.481 e. The molecule has 1 N–H and O–H groups in total. The van der Waals surface area contributed by atoms with E-state index in [1.807, 2.05) is 12.2 Å². The van der Waals surface area contributed by atoms with Gasteiger partial charge in [0.2, 0.25) is 0 Å². The summed E-state index contributed by atoms with van der Waals surface area (Å²) in [5.74, 6) is -0.675. The number of benzene rings is 2. The number of rotatable bonds is 10. The van der Waals surface area contributed by atoms with Gasteiger partial charge in [0.05, 0.1) is 7.92 Å². The van der Waals surface area contributed by atoms with Crippen LogP contribution < -0.4 is 10.6 Å². The number of hydrogen-bond donors (Lipinski definition) is 1. The molecule has 0 amide bonds. The number of carbonyl (C=O) groups is 1. The van der Waals surface area contributed by atoms with Gasteiger partial charge in [-0.05, 0) is 42.8 Å². The second-order valence-corrected chi connectivity index (χ2v) is 8.86. The molecule has 0 bridgehead atoms. The van der Waals surface area contributed by atoms with Crippen LogP contribution >= 0.6 is 7.92 Å². The van der Waals surface area contributed by atoms with Crippen LogP contribution in [0.15, 0.2) is 97.4 Å². The fourth-order valence-corrected chi connectivity index (χ4v) is 5.33. The van der Waals surface area contributed by atoms with Gasteiger partial charge < -0.3 is 5.11 Å². The maximum Gasteiger partial charge on any atom is 0.303 e. The fourth-order valence-electron chi connectivity index (χ4n) is 2.79. The lowest BCUT2D eigenvalue weighted by Crippen LogP contribution is -2.12. The van der Waals surface area contributed by atoms with Crippen LogP contribution in [0.3, 0.4) is 0 Å². The molecular formula is C25H32O2P+. The molecule has 0 saturated heterocycles. The third kappa shape index (κ3) is 8.97. The van der Waals surface area contributed by atoms with Crippen LogP contribution in [0, 0.1) is 0 Å². The van der Waals surface area contributed by atoms with Crippen molar-refractivity contribution in [2.24, 2.45) is 0 Å². The summed E-state index contributed by atoms with van der Waals surface area (Å²) in [4.78, 5) is 9.96. The van der Waals surface area contributed by atoms with E-state index < -0.39 is 13.9 Å². The molecular weight excluding hydrogens is 363 g/mol. The zero-order valence-electron chi connectivity index (χ0n) is 16.8. The van der Waals surface area contributed by atoms with Gasteiger partial charge in [-0.25, -0.2) is 0 Å². The molecule has 148 valence electrons. The van der Waals surface area contributed by atoms with E-state index in [0.29, 0.717) is 6.42 Å². The third-order valence-corrected chi connectivity index (χ3v) is 6.94. The first-order valence-corrected chi connectivity index (χ1v) is 11.3. The van der Waals surface area contributed by atoms with E-state index in [1.54, 1.807) is 0 Å². The van der Waals surface area contributed by atoms with Gasteiger partial charge in [-0.2, -0.15) is 0 Å². The van der Waals surface area contributed by atoms with Crippen molar-refractivity contribution in [3.8, 4) is 0 Å². The number of unbranched alkanes of at least 4 members (excludes halogenated alkanes) is 3. The predicted molar refractivity (Wildman–Crippen MR) is 125 cm³/mol. The van der Waals surface area contributed by atoms with E-state index in [0.717, 1.165) is 19.3 Å². The second kappa shape index (κ2) is 14.6. The van der Waals surface area contributed by atoms with Crippen molar-refractivity contribution in [3.05, 3.63) is 97.4 Å². The number of aliphatic carboxylic acids is 1. The quantitative estimate of drug-likeness (QED) is 0.298. The van der Waals surface area contributed by atoms with Crippen LogP contribution in [0.2, 0.25) is 0 Å². The zero-order chi connectivity index (χ0) is 20.6. The van der Waals surface area contributed by atoms with Crippen molar-refractivity contribution < 1.29 is 9.90 Å². The lowest BCUT2D eigenvalue weighted by Gasteiger charge is -2.10. The number of hydrogen-bond acceptors (Lipinski definition) is 1. The highest BCUT2D eigenvalue weighted by Gasteiger charge is 2.25. The maximum absolute atomic E-state index is 9.96. The van der Waals surface area contributed by atoms with E-state index >= 15 is 0 Å². The maximum atomic E-state index is 9.96. The van der Waals surface area contributed by atoms with Gasteiger partial charge in [0.25, 0.3) is 0 Å². The normalized spacial score (nSPS) is 10.7. The molecule has 0 heterocycles. The molecule has 0 aliphatic carbocycles. The molecule has 0 spiro atoms. The van der Waals surface area contributed by atoms with Crippen molar-refractivity contribution in [1.82, 2.24) is 0 Å². The molecule has 2 rings (SSSR count). The Hall–Kier alpha value is -2.44. The second-order valence-electron chi connectivity index (χ2n) is 6.37. The molecule has 0 radical (unpaired) electrons. The molecule has 0 saturated carbocycles. The summed E-state index contributed by atoms with van der Waals surface area (Å²) >= 11 is 0. The van der Waals surface area contributed by atoms with E-state index in [1.165, 1.54) is 22.3 Å². The first kappa shape index (κ1) is 23.6. The SMILES string of the molecule is C=C/C=C(\C=C)[PH+](c1ccccc1)c1ccccc1.CCCCCCC(=O)O. The van der Waals surface area contributed by atoms with Gasteiger partial charge in [0, 0.05) is 6.42 Å². The summed E-state index contributed by atoms with van der Waals surface area (Å²) in [7, 11) is -0.980. The van der Waals surface area contributed by atoms with Gasteiger partial charge in [-0.3, -0.25) is 4.79 Å². The molecule has 0 atom stereocenters. The highest BCUT2D eigenvalue weighted by atomic mass is 31.1. The first-order valence-electron chi connectivity index (χ1n) is 9.79. The van der Waals surface area contributed by atoms with Gasteiger partial charge in [-0.15, -0.1) is 0 Å². The molecule has 0 fully saturated rings. The van der Waals surface area contributed by atoms with Crippen LogP contribution in [0.1, 0.15) is 39.0 Å². The van der Waals surface area contributed by atoms with Gasteiger partial charge >= 0.3 is 5.97 Å². The van der Waals surface area contributed by atoms with Crippen molar-refractivity contribution in [2.45, 2.75) is 39.0 Å². The molecule has 0 aliphatic heterocycles. The summed E-state index contributed by atoms with van der Waals surface area (Å²) in [5, 5.41) is 12.2. The van der Waals surface area contributed by atoms with Crippen LogP contribution in [0.4, 0.5) is 0 Å². The highest BCUT2D eigenvalue weighted by molar-refractivity contribution is 7.77. The van der Waals surface area contributed by atoms with Crippen LogP contribution in [0.25, 0.3) is 0 Å². The Balaban J connectivity index is 0.000000370. The number of carboxylic acids is 1. The molecule has 28 heavy (non-hydrogen) atoms. The zero-order valence-corrected chi connectivity index (χ0v) is 17.8. The number of allylic oxidation sites excluding steroid dienone is 4.